The summed E-state index contributed by atoms with van der Waals surface area (Å²) in [6.07, 6.45) is -3.02. The lowest BCUT2D eigenvalue weighted by Gasteiger charge is -2.13. The molecule has 2 N–H and O–H groups in total. The fourth-order valence-corrected chi connectivity index (χ4v) is 1.49. The highest BCUT2D eigenvalue weighted by Crippen LogP contribution is 2.38. The van der Waals surface area contributed by atoms with E-state index >= 15 is 0 Å². The highest BCUT2D eigenvalue weighted by Gasteiger charge is 2.34. The zero-order valence-corrected chi connectivity index (χ0v) is 10.0. The molecule has 0 saturated carbocycles. The molecular formula is C13H11F3N2O. The van der Waals surface area contributed by atoms with Gasteiger partial charge in [-0.15, -0.1) is 0 Å². The minimum absolute atomic E-state index is 0.0246. The lowest BCUT2D eigenvalue weighted by atomic mass is 10.1. The van der Waals surface area contributed by atoms with Crippen molar-refractivity contribution in [2.24, 2.45) is 0 Å². The number of nitrogens with two attached hydrogens (primary N) is 1. The summed E-state index contributed by atoms with van der Waals surface area (Å²) in [4.78, 5) is 3.90. The molecule has 0 aliphatic heterocycles. The van der Waals surface area contributed by atoms with E-state index in [1.54, 1.807) is 6.07 Å². The molecule has 1 heterocycles. The molecule has 0 amide bonds. The Bertz CT molecular complexity index is 579. The first-order valence-electron chi connectivity index (χ1n) is 5.43. The SMILES string of the molecule is Cc1ccc(Oc2ccc(N)cc2C(F)(F)F)nc1. The number of aryl methyl sites for hydroxylation is 1. The van der Waals surface area contributed by atoms with Gasteiger partial charge in [-0.3, -0.25) is 0 Å². The smallest absolute Gasteiger partial charge is 0.420 e. The van der Waals surface area contributed by atoms with Crippen LogP contribution < -0.4 is 10.5 Å². The molecule has 6 heteroatoms. The Morgan fingerprint density at radius 1 is 1.16 bits per heavy atom. The van der Waals surface area contributed by atoms with E-state index in [0.29, 0.717) is 0 Å². The second-order valence-electron chi connectivity index (χ2n) is 4.03. The fraction of sp³-hybridized carbons (Fsp3) is 0.154. The topological polar surface area (TPSA) is 48.1 Å². The average Bonchev–Trinajstić information content (AvgIpc) is 2.33. The summed E-state index contributed by atoms with van der Waals surface area (Å²) >= 11 is 0. The largest absolute Gasteiger partial charge is 0.438 e. The summed E-state index contributed by atoms with van der Waals surface area (Å²) in [5, 5.41) is 0. The molecule has 0 unspecified atom stereocenters. The van der Waals surface area contributed by atoms with Crippen LogP contribution in [-0.4, -0.2) is 4.98 Å². The third kappa shape index (κ3) is 3.15. The van der Waals surface area contributed by atoms with Gasteiger partial charge in [0.1, 0.15) is 11.3 Å². The predicted octanol–water partition coefficient (Wildman–Crippen LogP) is 3.78. The van der Waals surface area contributed by atoms with Gasteiger partial charge in [-0.05, 0) is 30.7 Å². The first-order valence-corrected chi connectivity index (χ1v) is 5.43. The maximum atomic E-state index is 12.8. The zero-order chi connectivity index (χ0) is 14.0. The van der Waals surface area contributed by atoms with E-state index in [4.69, 9.17) is 10.5 Å². The minimum atomic E-state index is -4.53. The van der Waals surface area contributed by atoms with E-state index in [0.717, 1.165) is 11.6 Å². The van der Waals surface area contributed by atoms with Gasteiger partial charge < -0.3 is 10.5 Å². The number of benzene rings is 1. The highest BCUT2D eigenvalue weighted by atomic mass is 19.4. The lowest BCUT2D eigenvalue weighted by molar-refractivity contribution is -0.138. The molecular weight excluding hydrogens is 257 g/mol. The van der Waals surface area contributed by atoms with Gasteiger partial charge in [0.05, 0.1) is 0 Å². The number of hydrogen-bond acceptors (Lipinski definition) is 3. The molecule has 100 valence electrons. The zero-order valence-electron chi connectivity index (χ0n) is 10.0. The Morgan fingerprint density at radius 2 is 1.89 bits per heavy atom. The van der Waals surface area contributed by atoms with Crippen molar-refractivity contribution in [1.82, 2.24) is 4.98 Å². The maximum absolute atomic E-state index is 12.8. The number of halogens is 3. The van der Waals surface area contributed by atoms with E-state index in [-0.39, 0.29) is 17.3 Å². The van der Waals surface area contributed by atoms with Crippen LogP contribution in [-0.2, 0) is 6.18 Å². The van der Waals surface area contributed by atoms with Crippen molar-refractivity contribution in [3.05, 3.63) is 47.7 Å². The molecule has 0 aliphatic rings. The summed E-state index contributed by atoms with van der Waals surface area (Å²) in [5.74, 6) is -0.223. The number of pyridine rings is 1. The molecule has 1 aromatic carbocycles. The number of ether oxygens (including phenoxy) is 1. The van der Waals surface area contributed by atoms with Crippen molar-refractivity contribution in [2.45, 2.75) is 13.1 Å². The number of nitrogen functional groups attached to an aromatic ring is 1. The quantitative estimate of drug-likeness (QED) is 0.843. The van der Waals surface area contributed by atoms with Gasteiger partial charge in [-0.2, -0.15) is 13.2 Å². The van der Waals surface area contributed by atoms with Crippen molar-refractivity contribution in [3.63, 3.8) is 0 Å². The van der Waals surface area contributed by atoms with Crippen LogP contribution in [0, 0.1) is 6.92 Å². The van der Waals surface area contributed by atoms with Gasteiger partial charge in [-0.1, -0.05) is 6.07 Å². The monoisotopic (exact) mass is 268 g/mol. The molecule has 0 spiro atoms. The van der Waals surface area contributed by atoms with Crippen LogP contribution in [0.1, 0.15) is 11.1 Å². The lowest BCUT2D eigenvalue weighted by Crippen LogP contribution is -2.08. The van der Waals surface area contributed by atoms with Gasteiger partial charge in [0.15, 0.2) is 0 Å². The van der Waals surface area contributed by atoms with Gasteiger partial charge in [0.25, 0.3) is 0 Å². The normalized spacial score (nSPS) is 11.4. The van der Waals surface area contributed by atoms with E-state index < -0.39 is 11.7 Å². The highest BCUT2D eigenvalue weighted by molar-refractivity contribution is 5.50. The molecule has 0 aliphatic carbocycles. The molecule has 2 aromatic rings. The van der Waals surface area contributed by atoms with Crippen molar-refractivity contribution in [3.8, 4) is 11.6 Å². The van der Waals surface area contributed by atoms with Crippen LogP contribution in [0.2, 0.25) is 0 Å². The fourth-order valence-electron chi connectivity index (χ4n) is 1.49. The molecule has 0 bridgehead atoms. The Labute approximate surface area is 107 Å². The average molecular weight is 268 g/mol. The van der Waals surface area contributed by atoms with Crippen molar-refractivity contribution >= 4 is 5.69 Å². The Hall–Kier alpha value is -2.24. The van der Waals surface area contributed by atoms with Crippen LogP contribution in [0.3, 0.4) is 0 Å². The van der Waals surface area contributed by atoms with Crippen LogP contribution in [0.5, 0.6) is 11.6 Å². The number of aromatic nitrogens is 1. The Morgan fingerprint density at radius 3 is 2.47 bits per heavy atom. The van der Waals surface area contributed by atoms with Gasteiger partial charge in [0.2, 0.25) is 5.88 Å². The van der Waals surface area contributed by atoms with E-state index in [1.807, 2.05) is 6.92 Å². The predicted molar refractivity (Wildman–Crippen MR) is 64.9 cm³/mol. The molecule has 0 saturated heterocycles. The number of rotatable bonds is 2. The molecule has 0 atom stereocenters. The van der Waals surface area contributed by atoms with Crippen molar-refractivity contribution < 1.29 is 17.9 Å². The standard InChI is InChI=1S/C13H11F3N2O/c1-8-2-5-12(18-7-8)19-11-4-3-9(17)6-10(11)13(14,15)16/h2-7H,17H2,1H3. The van der Waals surface area contributed by atoms with E-state index in [9.17, 15) is 13.2 Å². The van der Waals surface area contributed by atoms with Crippen LogP contribution >= 0.6 is 0 Å². The van der Waals surface area contributed by atoms with Crippen LogP contribution in [0.25, 0.3) is 0 Å². The number of nitrogens with zero attached hydrogens (tertiary/aromatic N) is 1. The molecule has 2 rings (SSSR count). The van der Waals surface area contributed by atoms with E-state index in [1.165, 1.54) is 24.4 Å². The maximum Gasteiger partial charge on any atom is 0.420 e. The summed E-state index contributed by atoms with van der Waals surface area (Å²) < 4.78 is 43.7. The minimum Gasteiger partial charge on any atom is -0.438 e. The van der Waals surface area contributed by atoms with Crippen molar-refractivity contribution in [1.29, 1.82) is 0 Å². The van der Waals surface area contributed by atoms with Crippen LogP contribution in [0.4, 0.5) is 18.9 Å². The van der Waals surface area contributed by atoms with Gasteiger partial charge in [0, 0.05) is 18.0 Å². The summed E-state index contributed by atoms with van der Waals surface area (Å²) in [6.45, 7) is 1.82. The summed E-state index contributed by atoms with van der Waals surface area (Å²) in [6, 6.07) is 6.57. The van der Waals surface area contributed by atoms with Gasteiger partial charge >= 0.3 is 6.18 Å². The molecule has 1 aromatic heterocycles. The Balaban J connectivity index is 2.37. The summed E-state index contributed by atoms with van der Waals surface area (Å²) in [5.41, 5.74) is 5.36. The number of alkyl halides is 3. The first-order chi connectivity index (χ1) is 8.86. The second kappa shape index (κ2) is 4.79. The third-order valence-electron chi connectivity index (χ3n) is 2.41. The number of anilines is 1. The molecule has 19 heavy (non-hydrogen) atoms. The second-order valence-corrected chi connectivity index (χ2v) is 4.03. The van der Waals surface area contributed by atoms with Crippen LogP contribution in [0.15, 0.2) is 36.5 Å². The molecule has 0 radical (unpaired) electrons. The van der Waals surface area contributed by atoms with Crippen molar-refractivity contribution in [2.75, 3.05) is 5.73 Å². The Kier molecular flexibility index (Phi) is 3.33. The summed E-state index contributed by atoms with van der Waals surface area (Å²) in [7, 11) is 0. The molecule has 0 fully saturated rings. The number of hydrogen-bond donors (Lipinski definition) is 1. The first kappa shape index (κ1) is 13.2. The van der Waals surface area contributed by atoms with E-state index in [2.05, 4.69) is 4.98 Å². The third-order valence-corrected chi connectivity index (χ3v) is 2.41. The molecule has 3 nitrogen and oxygen atoms in total. The van der Waals surface area contributed by atoms with Gasteiger partial charge in [-0.25, -0.2) is 4.98 Å².